The molecule has 0 radical (unpaired) electrons. The van der Waals surface area contributed by atoms with Gasteiger partial charge in [0.15, 0.2) is 11.5 Å². The molecule has 0 fully saturated rings. The maximum Gasteiger partial charge on any atom is 0.161 e. The SMILES string of the molecule is COc1cc(CN(Cc2ccccn2)Cc2ccco2)ccc1OC(C)C. The number of hydrogen-bond donors (Lipinski definition) is 0. The molecule has 27 heavy (non-hydrogen) atoms. The predicted octanol–water partition coefficient (Wildman–Crippen LogP) is 4.67. The quantitative estimate of drug-likeness (QED) is 0.551. The molecule has 0 N–H and O–H groups in total. The van der Waals surface area contributed by atoms with Crippen LogP contribution in [-0.2, 0) is 19.6 Å². The van der Waals surface area contributed by atoms with Gasteiger partial charge in [-0.3, -0.25) is 9.88 Å². The van der Waals surface area contributed by atoms with Crippen molar-refractivity contribution in [2.24, 2.45) is 0 Å². The first-order valence-electron chi connectivity index (χ1n) is 9.12. The highest BCUT2D eigenvalue weighted by Crippen LogP contribution is 2.29. The Morgan fingerprint density at radius 1 is 1.00 bits per heavy atom. The van der Waals surface area contributed by atoms with Crippen LogP contribution in [0.5, 0.6) is 11.5 Å². The van der Waals surface area contributed by atoms with E-state index < -0.39 is 0 Å². The molecule has 0 atom stereocenters. The fourth-order valence-electron chi connectivity index (χ4n) is 2.93. The summed E-state index contributed by atoms with van der Waals surface area (Å²) < 4.78 is 16.9. The zero-order chi connectivity index (χ0) is 19.1. The number of rotatable bonds is 9. The first-order chi connectivity index (χ1) is 13.1. The minimum atomic E-state index is 0.101. The third kappa shape index (κ3) is 5.59. The molecule has 0 amide bonds. The summed E-state index contributed by atoms with van der Waals surface area (Å²) in [6, 6.07) is 16.0. The molecule has 5 heteroatoms. The molecule has 0 bridgehead atoms. The topological polar surface area (TPSA) is 47.7 Å². The summed E-state index contributed by atoms with van der Waals surface area (Å²) in [7, 11) is 1.67. The van der Waals surface area contributed by atoms with Gasteiger partial charge < -0.3 is 13.9 Å². The van der Waals surface area contributed by atoms with Crippen LogP contribution < -0.4 is 9.47 Å². The highest BCUT2D eigenvalue weighted by Gasteiger charge is 2.13. The molecule has 3 rings (SSSR count). The number of methoxy groups -OCH3 is 1. The summed E-state index contributed by atoms with van der Waals surface area (Å²) in [6.07, 6.45) is 3.63. The van der Waals surface area contributed by atoms with Gasteiger partial charge in [0, 0.05) is 19.3 Å². The van der Waals surface area contributed by atoms with Gasteiger partial charge in [0.25, 0.3) is 0 Å². The second-order valence-corrected chi connectivity index (χ2v) is 6.70. The van der Waals surface area contributed by atoms with Crippen LogP contribution in [0.2, 0.25) is 0 Å². The molecule has 0 unspecified atom stereocenters. The van der Waals surface area contributed by atoms with Crippen molar-refractivity contribution in [3.05, 3.63) is 78.0 Å². The normalized spacial score (nSPS) is 11.1. The zero-order valence-corrected chi connectivity index (χ0v) is 16.1. The fourth-order valence-corrected chi connectivity index (χ4v) is 2.93. The number of hydrogen-bond acceptors (Lipinski definition) is 5. The van der Waals surface area contributed by atoms with E-state index in [-0.39, 0.29) is 6.10 Å². The number of benzene rings is 1. The summed E-state index contributed by atoms with van der Waals surface area (Å²) >= 11 is 0. The van der Waals surface area contributed by atoms with E-state index in [1.165, 1.54) is 0 Å². The van der Waals surface area contributed by atoms with Gasteiger partial charge in [0.05, 0.1) is 31.7 Å². The van der Waals surface area contributed by atoms with Crippen molar-refractivity contribution < 1.29 is 13.9 Å². The number of nitrogens with zero attached hydrogens (tertiary/aromatic N) is 2. The van der Waals surface area contributed by atoms with E-state index in [1.54, 1.807) is 13.4 Å². The van der Waals surface area contributed by atoms with E-state index in [4.69, 9.17) is 13.9 Å². The lowest BCUT2D eigenvalue weighted by molar-refractivity contribution is 0.221. The number of aromatic nitrogens is 1. The monoisotopic (exact) mass is 366 g/mol. The highest BCUT2D eigenvalue weighted by molar-refractivity contribution is 5.43. The molecular formula is C22H26N2O3. The molecule has 5 nitrogen and oxygen atoms in total. The number of ether oxygens (including phenoxy) is 2. The highest BCUT2D eigenvalue weighted by atomic mass is 16.5. The van der Waals surface area contributed by atoms with Crippen molar-refractivity contribution in [2.75, 3.05) is 7.11 Å². The first-order valence-corrected chi connectivity index (χ1v) is 9.12. The van der Waals surface area contributed by atoms with E-state index in [9.17, 15) is 0 Å². The van der Waals surface area contributed by atoms with Crippen LogP contribution in [0.3, 0.4) is 0 Å². The Hall–Kier alpha value is -2.79. The molecule has 0 aliphatic carbocycles. The van der Waals surface area contributed by atoms with Gasteiger partial charge in [-0.25, -0.2) is 0 Å². The smallest absolute Gasteiger partial charge is 0.161 e. The number of pyridine rings is 1. The fraction of sp³-hybridized carbons (Fsp3) is 0.318. The van der Waals surface area contributed by atoms with E-state index in [2.05, 4.69) is 16.0 Å². The Morgan fingerprint density at radius 2 is 1.89 bits per heavy atom. The van der Waals surface area contributed by atoms with Crippen molar-refractivity contribution in [1.82, 2.24) is 9.88 Å². The van der Waals surface area contributed by atoms with Crippen molar-refractivity contribution >= 4 is 0 Å². The minimum absolute atomic E-state index is 0.101. The van der Waals surface area contributed by atoms with Crippen molar-refractivity contribution in [1.29, 1.82) is 0 Å². The minimum Gasteiger partial charge on any atom is -0.493 e. The van der Waals surface area contributed by atoms with Crippen LogP contribution in [0.15, 0.2) is 65.4 Å². The third-order valence-electron chi connectivity index (χ3n) is 4.07. The zero-order valence-electron chi connectivity index (χ0n) is 16.1. The standard InChI is InChI=1S/C22H26N2O3/c1-17(2)27-21-10-9-18(13-22(21)25-3)14-24(16-20-8-6-12-26-20)15-19-7-4-5-11-23-19/h4-13,17H,14-16H2,1-3H3. The van der Waals surface area contributed by atoms with Gasteiger partial charge in [-0.2, -0.15) is 0 Å². The van der Waals surface area contributed by atoms with Crippen molar-refractivity contribution in [2.45, 2.75) is 39.6 Å². The lowest BCUT2D eigenvalue weighted by Gasteiger charge is -2.22. The predicted molar refractivity (Wildman–Crippen MR) is 105 cm³/mol. The average Bonchev–Trinajstić information content (AvgIpc) is 3.16. The molecule has 0 spiro atoms. The van der Waals surface area contributed by atoms with Crippen LogP contribution in [0.25, 0.3) is 0 Å². The van der Waals surface area contributed by atoms with Gasteiger partial charge in [-0.05, 0) is 55.8 Å². The molecule has 0 saturated heterocycles. The van der Waals surface area contributed by atoms with E-state index in [0.717, 1.165) is 41.6 Å². The molecule has 142 valence electrons. The maximum atomic E-state index is 5.81. The Morgan fingerprint density at radius 3 is 2.56 bits per heavy atom. The van der Waals surface area contributed by atoms with Crippen LogP contribution in [0.4, 0.5) is 0 Å². The largest absolute Gasteiger partial charge is 0.493 e. The summed E-state index contributed by atoms with van der Waals surface area (Å²) in [5.74, 6) is 2.44. The van der Waals surface area contributed by atoms with E-state index in [1.807, 2.05) is 62.5 Å². The van der Waals surface area contributed by atoms with Gasteiger partial charge >= 0.3 is 0 Å². The van der Waals surface area contributed by atoms with E-state index >= 15 is 0 Å². The summed E-state index contributed by atoms with van der Waals surface area (Å²) in [4.78, 5) is 6.74. The van der Waals surface area contributed by atoms with Gasteiger partial charge in [-0.15, -0.1) is 0 Å². The lowest BCUT2D eigenvalue weighted by atomic mass is 10.1. The summed E-state index contributed by atoms with van der Waals surface area (Å²) in [6.45, 7) is 6.19. The Kier molecular flexibility index (Phi) is 6.49. The van der Waals surface area contributed by atoms with Crippen LogP contribution in [-0.4, -0.2) is 23.1 Å². The van der Waals surface area contributed by atoms with E-state index in [0.29, 0.717) is 6.54 Å². The molecule has 0 aliphatic heterocycles. The summed E-state index contributed by atoms with van der Waals surface area (Å²) in [5, 5.41) is 0. The van der Waals surface area contributed by atoms with Crippen molar-refractivity contribution in [3.8, 4) is 11.5 Å². The Labute approximate surface area is 160 Å². The average molecular weight is 366 g/mol. The maximum absolute atomic E-state index is 5.81. The Balaban J connectivity index is 1.78. The summed E-state index contributed by atoms with van der Waals surface area (Å²) in [5.41, 5.74) is 2.17. The molecular weight excluding hydrogens is 340 g/mol. The van der Waals surface area contributed by atoms with Crippen molar-refractivity contribution in [3.63, 3.8) is 0 Å². The van der Waals surface area contributed by atoms with Gasteiger partial charge in [-0.1, -0.05) is 12.1 Å². The second kappa shape index (κ2) is 9.24. The molecule has 0 saturated carbocycles. The Bertz CT molecular complexity index is 817. The molecule has 0 aliphatic rings. The molecule has 3 aromatic rings. The molecule has 2 aromatic heterocycles. The number of furan rings is 1. The van der Waals surface area contributed by atoms with Crippen LogP contribution in [0, 0.1) is 0 Å². The van der Waals surface area contributed by atoms with Crippen LogP contribution in [0.1, 0.15) is 30.9 Å². The molecule has 2 heterocycles. The second-order valence-electron chi connectivity index (χ2n) is 6.70. The third-order valence-corrected chi connectivity index (χ3v) is 4.07. The molecule has 1 aromatic carbocycles. The van der Waals surface area contributed by atoms with Gasteiger partial charge in [0.2, 0.25) is 0 Å². The van der Waals surface area contributed by atoms with Crippen LogP contribution >= 0.6 is 0 Å². The lowest BCUT2D eigenvalue weighted by Crippen LogP contribution is -2.22. The first kappa shape index (κ1) is 19.0. The van der Waals surface area contributed by atoms with Gasteiger partial charge in [0.1, 0.15) is 5.76 Å².